The van der Waals surface area contributed by atoms with Crippen molar-refractivity contribution in [1.82, 2.24) is 10.3 Å². The summed E-state index contributed by atoms with van der Waals surface area (Å²) in [6.07, 6.45) is 2.75. The minimum atomic E-state index is 0.236. The summed E-state index contributed by atoms with van der Waals surface area (Å²) in [6, 6.07) is 4.36. The highest BCUT2D eigenvalue weighted by Gasteiger charge is 2.16. The highest BCUT2D eigenvalue weighted by atomic mass is 79.9. The van der Waals surface area contributed by atoms with E-state index in [0.29, 0.717) is 13.2 Å². The second-order valence-corrected chi connectivity index (χ2v) is 6.71. The zero-order valence-corrected chi connectivity index (χ0v) is 14.2. The van der Waals surface area contributed by atoms with Crippen molar-refractivity contribution in [2.75, 3.05) is 13.2 Å². The number of ether oxygens (including phenoxy) is 2. The predicted molar refractivity (Wildman–Crippen MR) is 87.1 cm³/mol. The van der Waals surface area contributed by atoms with Crippen molar-refractivity contribution in [2.45, 2.75) is 25.9 Å². The van der Waals surface area contributed by atoms with Crippen LogP contribution < -0.4 is 14.8 Å². The van der Waals surface area contributed by atoms with E-state index in [9.17, 15) is 0 Å². The van der Waals surface area contributed by atoms with E-state index in [1.165, 1.54) is 0 Å². The number of nitrogens with one attached hydrogen (secondary N) is 1. The Bertz CT molecular complexity index is 604. The molecule has 1 unspecified atom stereocenters. The molecule has 0 saturated carbocycles. The fraction of sp³-hybridized carbons (Fsp3) is 0.400. The number of thiazole rings is 1. The van der Waals surface area contributed by atoms with Gasteiger partial charge in [0.1, 0.15) is 5.01 Å². The molecule has 0 amide bonds. The van der Waals surface area contributed by atoms with Gasteiger partial charge in [0.2, 0.25) is 0 Å². The normalized spacial score (nSPS) is 15.5. The van der Waals surface area contributed by atoms with Gasteiger partial charge in [-0.3, -0.25) is 0 Å². The van der Waals surface area contributed by atoms with Crippen LogP contribution in [0.3, 0.4) is 0 Å². The van der Waals surface area contributed by atoms with Crippen molar-refractivity contribution in [2.24, 2.45) is 0 Å². The Morgan fingerprint density at radius 2 is 2.24 bits per heavy atom. The third-order valence-corrected chi connectivity index (χ3v) is 4.84. The van der Waals surface area contributed by atoms with Gasteiger partial charge in [-0.2, -0.15) is 0 Å². The standard InChI is InChI=1S/C15H17BrN2O2S/c1-10(15-17-3-6-21-15)18-9-11-7-12(16)14-13(8-11)19-4-2-5-20-14/h3,6-8,10,18H,2,4-5,9H2,1H3. The molecule has 3 rings (SSSR count). The Morgan fingerprint density at radius 1 is 1.38 bits per heavy atom. The van der Waals surface area contributed by atoms with Gasteiger partial charge in [0.15, 0.2) is 11.5 Å². The lowest BCUT2D eigenvalue weighted by atomic mass is 10.2. The van der Waals surface area contributed by atoms with Gasteiger partial charge in [-0.1, -0.05) is 0 Å². The summed E-state index contributed by atoms with van der Waals surface area (Å²) in [4.78, 5) is 4.33. The second kappa shape index (κ2) is 6.77. The molecule has 1 atom stereocenters. The van der Waals surface area contributed by atoms with Crippen LogP contribution in [0.25, 0.3) is 0 Å². The largest absolute Gasteiger partial charge is 0.490 e. The van der Waals surface area contributed by atoms with E-state index in [1.807, 2.05) is 17.6 Å². The fourth-order valence-electron chi connectivity index (χ4n) is 2.19. The lowest BCUT2D eigenvalue weighted by Gasteiger charge is -2.14. The Labute approximate surface area is 136 Å². The van der Waals surface area contributed by atoms with E-state index in [2.05, 4.69) is 39.2 Å². The molecule has 1 aliphatic rings. The maximum atomic E-state index is 5.76. The molecule has 0 aliphatic carbocycles. The molecule has 0 bridgehead atoms. The van der Waals surface area contributed by atoms with Crippen LogP contribution in [0.4, 0.5) is 0 Å². The molecule has 1 aromatic carbocycles. The minimum Gasteiger partial charge on any atom is -0.490 e. The average molecular weight is 369 g/mol. The quantitative estimate of drug-likeness (QED) is 0.887. The van der Waals surface area contributed by atoms with Gasteiger partial charge < -0.3 is 14.8 Å². The molecular formula is C15H17BrN2O2S. The summed E-state index contributed by atoms with van der Waals surface area (Å²) in [7, 11) is 0. The first-order chi connectivity index (χ1) is 10.2. The van der Waals surface area contributed by atoms with E-state index in [1.54, 1.807) is 11.3 Å². The highest BCUT2D eigenvalue weighted by molar-refractivity contribution is 9.10. The van der Waals surface area contributed by atoms with Crippen molar-refractivity contribution < 1.29 is 9.47 Å². The summed E-state index contributed by atoms with van der Waals surface area (Å²) < 4.78 is 12.4. The summed E-state index contributed by atoms with van der Waals surface area (Å²) in [6.45, 7) is 4.28. The Balaban J connectivity index is 1.71. The van der Waals surface area contributed by atoms with Crippen LogP contribution in [-0.4, -0.2) is 18.2 Å². The molecule has 0 saturated heterocycles. The van der Waals surface area contributed by atoms with Crippen molar-refractivity contribution in [3.05, 3.63) is 38.8 Å². The number of hydrogen-bond acceptors (Lipinski definition) is 5. The molecule has 0 spiro atoms. The van der Waals surface area contributed by atoms with Crippen LogP contribution >= 0.6 is 27.3 Å². The van der Waals surface area contributed by atoms with Gasteiger partial charge >= 0.3 is 0 Å². The van der Waals surface area contributed by atoms with E-state index in [0.717, 1.165) is 39.5 Å². The van der Waals surface area contributed by atoms with E-state index < -0.39 is 0 Å². The molecule has 1 N–H and O–H groups in total. The molecule has 4 nitrogen and oxygen atoms in total. The number of rotatable bonds is 4. The first-order valence-electron chi connectivity index (χ1n) is 6.95. The summed E-state index contributed by atoms with van der Waals surface area (Å²) in [5.74, 6) is 1.63. The SMILES string of the molecule is CC(NCc1cc(Br)c2c(c1)OCCCO2)c1nccs1. The predicted octanol–water partition coefficient (Wildman–Crippen LogP) is 3.92. The molecular weight excluding hydrogens is 352 g/mol. The van der Waals surface area contributed by atoms with Crippen LogP contribution in [0.15, 0.2) is 28.2 Å². The fourth-order valence-corrected chi connectivity index (χ4v) is 3.47. The number of benzene rings is 1. The Morgan fingerprint density at radius 3 is 3.05 bits per heavy atom. The molecule has 2 aromatic rings. The summed E-state index contributed by atoms with van der Waals surface area (Å²) in [5.41, 5.74) is 1.16. The third kappa shape index (κ3) is 3.56. The van der Waals surface area contributed by atoms with Gasteiger partial charge in [-0.25, -0.2) is 4.98 Å². The van der Waals surface area contributed by atoms with E-state index >= 15 is 0 Å². The number of nitrogens with zero attached hydrogens (tertiary/aromatic N) is 1. The molecule has 0 radical (unpaired) electrons. The maximum Gasteiger partial charge on any atom is 0.175 e. The average Bonchev–Trinajstić information content (AvgIpc) is 2.91. The summed E-state index contributed by atoms with van der Waals surface area (Å²) >= 11 is 5.24. The zero-order chi connectivity index (χ0) is 14.7. The van der Waals surface area contributed by atoms with Gasteiger partial charge in [-0.05, 0) is 40.5 Å². The van der Waals surface area contributed by atoms with Crippen LogP contribution in [0.2, 0.25) is 0 Å². The smallest absolute Gasteiger partial charge is 0.175 e. The van der Waals surface area contributed by atoms with Crippen LogP contribution in [0.5, 0.6) is 11.5 Å². The first kappa shape index (κ1) is 14.8. The van der Waals surface area contributed by atoms with Crippen LogP contribution in [-0.2, 0) is 6.54 Å². The van der Waals surface area contributed by atoms with Gasteiger partial charge in [-0.15, -0.1) is 11.3 Å². The van der Waals surface area contributed by atoms with E-state index in [-0.39, 0.29) is 6.04 Å². The van der Waals surface area contributed by atoms with Crippen molar-refractivity contribution >= 4 is 27.3 Å². The van der Waals surface area contributed by atoms with Crippen LogP contribution in [0.1, 0.15) is 30.0 Å². The van der Waals surface area contributed by atoms with Gasteiger partial charge in [0.05, 0.1) is 23.7 Å². The minimum absolute atomic E-state index is 0.236. The lowest BCUT2D eigenvalue weighted by Crippen LogP contribution is -2.18. The Kier molecular flexibility index (Phi) is 4.77. The molecule has 1 aliphatic heterocycles. The van der Waals surface area contributed by atoms with Crippen molar-refractivity contribution in [3.8, 4) is 11.5 Å². The monoisotopic (exact) mass is 368 g/mol. The van der Waals surface area contributed by atoms with Gasteiger partial charge in [0.25, 0.3) is 0 Å². The molecule has 2 heterocycles. The number of hydrogen-bond donors (Lipinski definition) is 1. The molecule has 21 heavy (non-hydrogen) atoms. The maximum absolute atomic E-state index is 5.76. The first-order valence-corrected chi connectivity index (χ1v) is 8.62. The topological polar surface area (TPSA) is 43.4 Å². The van der Waals surface area contributed by atoms with E-state index in [4.69, 9.17) is 9.47 Å². The van der Waals surface area contributed by atoms with Crippen LogP contribution in [0, 0.1) is 0 Å². The Hall–Kier alpha value is -1.11. The summed E-state index contributed by atoms with van der Waals surface area (Å²) in [5, 5.41) is 6.58. The zero-order valence-electron chi connectivity index (χ0n) is 11.8. The lowest BCUT2D eigenvalue weighted by molar-refractivity contribution is 0.296. The second-order valence-electron chi connectivity index (χ2n) is 4.93. The molecule has 0 fully saturated rings. The third-order valence-electron chi connectivity index (χ3n) is 3.30. The van der Waals surface area contributed by atoms with Gasteiger partial charge in [0, 0.05) is 24.5 Å². The highest BCUT2D eigenvalue weighted by Crippen LogP contribution is 2.38. The molecule has 1 aromatic heterocycles. The molecule has 112 valence electrons. The number of halogens is 1. The van der Waals surface area contributed by atoms with Crippen molar-refractivity contribution in [1.29, 1.82) is 0 Å². The van der Waals surface area contributed by atoms with Crippen molar-refractivity contribution in [3.63, 3.8) is 0 Å². The number of fused-ring (bicyclic) bond motifs is 1. The molecule has 6 heteroatoms. The number of aromatic nitrogens is 1.